The molecule has 3 aromatic heterocycles. The first kappa shape index (κ1) is 16.4. The number of nitrogens with zero attached hydrogens (tertiary/aromatic N) is 5. The van der Waals surface area contributed by atoms with Crippen LogP contribution in [0.5, 0.6) is 0 Å². The zero-order valence-electron chi connectivity index (χ0n) is 14.6. The van der Waals surface area contributed by atoms with Crippen molar-refractivity contribution < 1.29 is 4.79 Å². The number of piperidine rings is 1. The molecule has 1 fully saturated rings. The number of amides is 1. The number of likely N-dealkylation sites (tertiary alicyclic amines) is 1. The molecule has 1 N–H and O–H groups in total. The summed E-state index contributed by atoms with van der Waals surface area (Å²) in [6.45, 7) is 3.33. The molecule has 0 aromatic carbocycles. The fourth-order valence-corrected chi connectivity index (χ4v) is 3.42. The molecule has 0 spiro atoms. The van der Waals surface area contributed by atoms with Crippen LogP contribution in [0.15, 0.2) is 43.1 Å². The lowest BCUT2D eigenvalue weighted by molar-refractivity contribution is 0.0705. The van der Waals surface area contributed by atoms with Crippen LogP contribution in [0.25, 0.3) is 11.5 Å². The molecule has 0 radical (unpaired) electrons. The molecule has 4 heterocycles. The van der Waals surface area contributed by atoms with Gasteiger partial charge in [-0.2, -0.15) is 0 Å². The maximum atomic E-state index is 12.8. The zero-order valence-corrected chi connectivity index (χ0v) is 14.6. The Kier molecular flexibility index (Phi) is 4.43. The lowest BCUT2D eigenvalue weighted by Crippen LogP contribution is -2.39. The predicted molar refractivity (Wildman–Crippen MR) is 96.5 cm³/mol. The van der Waals surface area contributed by atoms with Crippen molar-refractivity contribution in [3.8, 4) is 11.5 Å². The Morgan fingerprint density at radius 1 is 1.19 bits per heavy atom. The van der Waals surface area contributed by atoms with Crippen molar-refractivity contribution in [2.24, 2.45) is 0 Å². The molecule has 1 saturated heterocycles. The first-order chi connectivity index (χ1) is 12.7. The summed E-state index contributed by atoms with van der Waals surface area (Å²) in [5.74, 6) is 0.877. The summed E-state index contributed by atoms with van der Waals surface area (Å²) < 4.78 is 0. The normalized spacial score (nSPS) is 17.3. The van der Waals surface area contributed by atoms with Gasteiger partial charge in [0.2, 0.25) is 0 Å². The minimum Gasteiger partial charge on any atom is -0.341 e. The van der Waals surface area contributed by atoms with Crippen molar-refractivity contribution in [1.82, 2.24) is 29.8 Å². The second-order valence-electron chi connectivity index (χ2n) is 6.54. The number of pyridine rings is 1. The predicted octanol–water partition coefficient (Wildman–Crippen LogP) is 2.59. The molecular weight excluding hydrogens is 328 g/mol. The number of hydrogen-bond donors (Lipinski definition) is 1. The van der Waals surface area contributed by atoms with Crippen LogP contribution in [-0.2, 0) is 0 Å². The number of carbonyl (C=O) groups excluding carboxylic acids is 1. The molecule has 7 heteroatoms. The Morgan fingerprint density at radius 3 is 2.85 bits per heavy atom. The summed E-state index contributed by atoms with van der Waals surface area (Å²) in [4.78, 5) is 35.4. The summed E-state index contributed by atoms with van der Waals surface area (Å²) in [5, 5.41) is 0. The van der Waals surface area contributed by atoms with E-state index in [1.54, 1.807) is 43.1 Å². The number of rotatable bonds is 3. The third-order valence-electron chi connectivity index (χ3n) is 4.66. The molecule has 26 heavy (non-hydrogen) atoms. The molecule has 3 aromatic rings. The lowest BCUT2D eigenvalue weighted by Gasteiger charge is -2.32. The third kappa shape index (κ3) is 3.20. The maximum absolute atomic E-state index is 12.8. The molecule has 1 amide bonds. The molecule has 132 valence electrons. The Bertz CT molecular complexity index is 907. The van der Waals surface area contributed by atoms with E-state index in [2.05, 4.69) is 24.9 Å². The van der Waals surface area contributed by atoms with E-state index in [1.165, 1.54) is 0 Å². The minimum absolute atomic E-state index is 0.0158. The first-order valence-electron chi connectivity index (χ1n) is 8.74. The van der Waals surface area contributed by atoms with Gasteiger partial charge in [0.1, 0.15) is 5.69 Å². The standard InChI is InChI=1S/C19H20N6O/c1-13-10-23-18(24-13)17-16(21-7-8-22-17)15-5-3-9-25(12-15)19(26)14-4-2-6-20-11-14/h2,4,6-8,10-11,15H,3,5,9,12H2,1H3,(H,23,24). The molecule has 1 unspecified atom stereocenters. The molecular formula is C19H20N6O. The fourth-order valence-electron chi connectivity index (χ4n) is 3.42. The molecule has 7 nitrogen and oxygen atoms in total. The van der Waals surface area contributed by atoms with Crippen molar-refractivity contribution in [2.75, 3.05) is 13.1 Å². The van der Waals surface area contributed by atoms with E-state index in [1.807, 2.05) is 11.8 Å². The van der Waals surface area contributed by atoms with Gasteiger partial charge in [-0.05, 0) is 31.9 Å². The topological polar surface area (TPSA) is 87.7 Å². The van der Waals surface area contributed by atoms with E-state index in [4.69, 9.17) is 0 Å². The van der Waals surface area contributed by atoms with Crippen LogP contribution in [0.3, 0.4) is 0 Å². The molecule has 0 bridgehead atoms. The number of aromatic amines is 1. The summed E-state index contributed by atoms with van der Waals surface area (Å²) >= 11 is 0. The molecule has 1 aliphatic heterocycles. The van der Waals surface area contributed by atoms with Crippen LogP contribution >= 0.6 is 0 Å². The summed E-state index contributed by atoms with van der Waals surface area (Å²) in [6, 6.07) is 3.59. The van der Waals surface area contributed by atoms with Gasteiger partial charge < -0.3 is 9.88 Å². The fraction of sp³-hybridized carbons (Fsp3) is 0.316. The highest BCUT2D eigenvalue weighted by molar-refractivity contribution is 5.94. The van der Waals surface area contributed by atoms with Crippen LogP contribution in [-0.4, -0.2) is 48.8 Å². The smallest absolute Gasteiger partial charge is 0.255 e. The van der Waals surface area contributed by atoms with Gasteiger partial charge in [-0.3, -0.25) is 14.8 Å². The van der Waals surface area contributed by atoms with Crippen LogP contribution in [0.4, 0.5) is 0 Å². The van der Waals surface area contributed by atoms with Crippen molar-refractivity contribution in [3.05, 3.63) is 60.1 Å². The van der Waals surface area contributed by atoms with Crippen molar-refractivity contribution >= 4 is 5.91 Å². The second-order valence-corrected chi connectivity index (χ2v) is 6.54. The molecule has 4 rings (SSSR count). The first-order valence-corrected chi connectivity index (χ1v) is 8.74. The van der Waals surface area contributed by atoms with Gasteiger partial charge in [-0.15, -0.1) is 0 Å². The van der Waals surface area contributed by atoms with Gasteiger partial charge in [0.25, 0.3) is 5.91 Å². The Balaban J connectivity index is 1.60. The molecule has 0 saturated carbocycles. The number of aryl methyl sites for hydroxylation is 1. The van der Waals surface area contributed by atoms with Gasteiger partial charge in [-0.1, -0.05) is 0 Å². The van der Waals surface area contributed by atoms with Crippen molar-refractivity contribution in [2.45, 2.75) is 25.7 Å². The highest BCUT2D eigenvalue weighted by Gasteiger charge is 2.29. The van der Waals surface area contributed by atoms with Gasteiger partial charge >= 0.3 is 0 Å². The largest absolute Gasteiger partial charge is 0.341 e. The third-order valence-corrected chi connectivity index (χ3v) is 4.66. The van der Waals surface area contributed by atoms with E-state index >= 15 is 0 Å². The lowest BCUT2D eigenvalue weighted by atomic mass is 9.92. The van der Waals surface area contributed by atoms with Crippen LogP contribution in [0.1, 0.15) is 40.5 Å². The van der Waals surface area contributed by atoms with Crippen molar-refractivity contribution in [3.63, 3.8) is 0 Å². The maximum Gasteiger partial charge on any atom is 0.255 e. The highest BCUT2D eigenvalue weighted by Crippen LogP contribution is 2.31. The van der Waals surface area contributed by atoms with Gasteiger partial charge in [0.15, 0.2) is 5.82 Å². The van der Waals surface area contributed by atoms with E-state index in [0.29, 0.717) is 12.1 Å². The Hall–Kier alpha value is -3.09. The number of imidazole rings is 1. The minimum atomic E-state index is 0.0158. The summed E-state index contributed by atoms with van der Waals surface area (Å²) in [7, 11) is 0. The molecule has 1 atom stereocenters. The van der Waals surface area contributed by atoms with E-state index in [9.17, 15) is 4.79 Å². The quantitative estimate of drug-likeness (QED) is 0.786. The van der Waals surface area contributed by atoms with Crippen molar-refractivity contribution in [1.29, 1.82) is 0 Å². The van der Waals surface area contributed by atoms with E-state index in [-0.39, 0.29) is 11.8 Å². The average Bonchev–Trinajstić information content (AvgIpc) is 3.14. The SMILES string of the molecule is Cc1cnc(-c2nccnc2C2CCCN(C(=O)c3cccnc3)C2)[nH]1. The number of nitrogens with one attached hydrogen (secondary N) is 1. The average molecular weight is 348 g/mol. The summed E-state index contributed by atoms with van der Waals surface area (Å²) in [5.41, 5.74) is 3.26. The van der Waals surface area contributed by atoms with Gasteiger partial charge in [-0.25, -0.2) is 9.97 Å². The number of H-pyrrole nitrogens is 1. The second kappa shape index (κ2) is 7.03. The summed E-state index contributed by atoms with van der Waals surface area (Å²) in [6.07, 6.45) is 10.4. The molecule has 0 aliphatic carbocycles. The van der Waals surface area contributed by atoms with E-state index in [0.717, 1.165) is 42.3 Å². The monoisotopic (exact) mass is 348 g/mol. The zero-order chi connectivity index (χ0) is 17.9. The van der Waals surface area contributed by atoms with E-state index < -0.39 is 0 Å². The molecule has 1 aliphatic rings. The van der Waals surface area contributed by atoms with Crippen LogP contribution in [0, 0.1) is 6.92 Å². The van der Waals surface area contributed by atoms with Gasteiger partial charge in [0.05, 0.1) is 11.3 Å². The number of carbonyl (C=O) groups is 1. The Labute approximate surface area is 151 Å². The van der Waals surface area contributed by atoms with Crippen LogP contribution < -0.4 is 0 Å². The van der Waals surface area contributed by atoms with Gasteiger partial charge in [0, 0.05) is 55.7 Å². The highest BCUT2D eigenvalue weighted by atomic mass is 16.2. The number of aromatic nitrogens is 5. The Morgan fingerprint density at radius 2 is 2.08 bits per heavy atom. The van der Waals surface area contributed by atoms with Crippen LogP contribution in [0.2, 0.25) is 0 Å². The number of hydrogen-bond acceptors (Lipinski definition) is 5.